The smallest absolute Gasteiger partial charge is 0.256 e. The highest BCUT2D eigenvalue weighted by atomic mass is 16.5. The quantitative estimate of drug-likeness (QED) is 0.527. The van der Waals surface area contributed by atoms with Gasteiger partial charge < -0.3 is 10.1 Å². The van der Waals surface area contributed by atoms with E-state index in [9.17, 15) is 4.79 Å². The molecule has 2 heterocycles. The Morgan fingerprint density at radius 2 is 1.71 bits per heavy atom. The van der Waals surface area contributed by atoms with Crippen LogP contribution in [0.1, 0.15) is 10.4 Å². The Balaban J connectivity index is 1.87. The van der Waals surface area contributed by atoms with Gasteiger partial charge in [0.1, 0.15) is 5.56 Å². The fraction of sp³-hybridized carbons (Fsp3) is 0.136. The molecule has 0 radical (unpaired) electrons. The van der Waals surface area contributed by atoms with Crippen LogP contribution in [0.25, 0.3) is 28.2 Å². The highest BCUT2D eigenvalue weighted by Gasteiger charge is 2.18. The second-order valence-electron chi connectivity index (χ2n) is 6.30. The van der Waals surface area contributed by atoms with Crippen LogP contribution in [0.3, 0.4) is 0 Å². The second kappa shape index (κ2) is 8.02. The number of benzene rings is 2. The maximum atomic E-state index is 12.6. The number of aromatic nitrogens is 3. The van der Waals surface area contributed by atoms with Gasteiger partial charge in [-0.25, -0.2) is 9.50 Å². The predicted octanol–water partition coefficient (Wildman–Crippen LogP) is 3.44. The summed E-state index contributed by atoms with van der Waals surface area (Å²) in [7, 11) is 1.60. The zero-order chi connectivity index (χ0) is 19.3. The Bertz CT molecular complexity index is 1090. The van der Waals surface area contributed by atoms with Crippen molar-refractivity contribution >= 4 is 11.6 Å². The minimum atomic E-state index is -0.219. The molecule has 0 atom stereocenters. The van der Waals surface area contributed by atoms with Gasteiger partial charge in [0.15, 0.2) is 5.65 Å². The van der Waals surface area contributed by atoms with Gasteiger partial charge in [0.25, 0.3) is 5.91 Å². The minimum Gasteiger partial charge on any atom is -0.383 e. The number of carbonyl (C=O) groups is 1. The normalized spacial score (nSPS) is 10.9. The van der Waals surface area contributed by atoms with Gasteiger partial charge in [0.05, 0.1) is 24.2 Å². The van der Waals surface area contributed by atoms with Gasteiger partial charge >= 0.3 is 0 Å². The summed E-state index contributed by atoms with van der Waals surface area (Å²) >= 11 is 0. The zero-order valence-corrected chi connectivity index (χ0v) is 15.5. The number of nitrogens with one attached hydrogen (secondary N) is 1. The van der Waals surface area contributed by atoms with E-state index in [2.05, 4.69) is 10.4 Å². The van der Waals surface area contributed by atoms with Crippen molar-refractivity contribution in [3.8, 4) is 22.5 Å². The van der Waals surface area contributed by atoms with Gasteiger partial charge in [-0.2, -0.15) is 5.10 Å². The molecular formula is C22H20N4O2. The largest absolute Gasteiger partial charge is 0.383 e. The van der Waals surface area contributed by atoms with Crippen molar-refractivity contribution in [3.05, 3.63) is 78.5 Å². The molecule has 0 aliphatic heterocycles. The first-order valence-electron chi connectivity index (χ1n) is 9.04. The summed E-state index contributed by atoms with van der Waals surface area (Å²) in [5, 5.41) is 7.28. The average molecular weight is 372 g/mol. The van der Waals surface area contributed by atoms with Crippen molar-refractivity contribution < 1.29 is 9.53 Å². The Kier molecular flexibility index (Phi) is 5.12. The van der Waals surface area contributed by atoms with E-state index in [0.29, 0.717) is 24.4 Å². The molecule has 0 saturated carbocycles. The first-order chi connectivity index (χ1) is 13.8. The molecule has 0 unspecified atom stereocenters. The Morgan fingerprint density at radius 1 is 1.04 bits per heavy atom. The molecule has 2 aromatic heterocycles. The molecule has 6 heteroatoms. The van der Waals surface area contributed by atoms with E-state index in [4.69, 9.17) is 9.72 Å². The van der Waals surface area contributed by atoms with Crippen LogP contribution in [0.4, 0.5) is 0 Å². The van der Waals surface area contributed by atoms with Crippen molar-refractivity contribution in [2.45, 2.75) is 0 Å². The maximum Gasteiger partial charge on any atom is 0.256 e. The third-order valence-corrected chi connectivity index (χ3v) is 4.45. The summed E-state index contributed by atoms with van der Waals surface area (Å²) in [6.07, 6.45) is 1.56. The Morgan fingerprint density at radius 3 is 2.39 bits per heavy atom. The highest BCUT2D eigenvalue weighted by molar-refractivity contribution is 6.00. The highest BCUT2D eigenvalue weighted by Crippen LogP contribution is 2.27. The van der Waals surface area contributed by atoms with Crippen LogP contribution in [0, 0.1) is 0 Å². The van der Waals surface area contributed by atoms with Crippen LogP contribution in [0.5, 0.6) is 0 Å². The van der Waals surface area contributed by atoms with E-state index in [1.807, 2.05) is 66.7 Å². The van der Waals surface area contributed by atoms with E-state index < -0.39 is 0 Å². The molecule has 2 aromatic carbocycles. The molecule has 6 nitrogen and oxygen atoms in total. The molecule has 0 fully saturated rings. The van der Waals surface area contributed by atoms with Gasteiger partial charge in [-0.05, 0) is 6.07 Å². The van der Waals surface area contributed by atoms with Gasteiger partial charge in [-0.15, -0.1) is 0 Å². The van der Waals surface area contributed by atoms with E-state index in [-0.39, 0.29) is 5.91 Å². The number of carbonyl (C=O) groups excluding carboxylic acids is 1. The lowest BCUT2D eigenvalue weighted by atomic mass is 10.1. The van der Waals surface area contributed by atoms with Crippen LogP contribution in [0.2, 0.25) is 0 Å². The number of hydrogen-bond acceptors (Lipinski definition) is 4. The minimum absolute atomic E-state index is 0.219. The molecule has 0 saturated heterocycles. The zero-order valence-electron chi connectivity index (χ0n) is 15.5. The molecule has 1 N–H and O–H groups in total. The molecule has 4 aromatic rings. The van der Waals surface area contributed by atoms with Crippen LogP contribution < -0.4 is 5.32 Å². The molecule has 1 amide bonds. The van der Waals surface area contributed by atoms with Crippen molar-refractivity contribution in [3.63, 3.8) is 0 Å². The maximum absolute atomic E-state index is 12.6. The van der Waals surface area contributed by atoms with Gasteiger partial charge in [0.2, 0.25) is 0 Å². The molecule has 0 aliphatic carbocycles. The second-order valence-corrected chi connectivity index (χ2v) is 6.30. The molecule has 140 valence electrons. The number of ether oxygens (including phenoxy) is 1. The summed E-state index contributed by atoms with van der Waals surface area (Å²) in [4.78, 5) is 17.4. The van der Waals surface area contributed by atoms with Gasteiger partial charge in [0, 0.05) is 24.8 Å². The average Bonchev–Trinajstić information content (AvgIpc) is 3.18. The van der Waals surface area contributed by atoms with E-state index in [1.165, 1.54) is 0 Å². The number of amides is 1. The molecule has 0 aliphatic rings. The number of nitrogens with zero attached hydrogens (tertiary/aromatic N) is 3. The van der Waals surface area contributed by atoms with Crippen LogP contribution in [0.15, 0.2) is 72.9 Å². The number of rotatable bonds is 6. The lowest BCUT2D eigenvalue weighted by Gasteiger charge is -2.09. The summed E-state index contributed by atoms with van der Waals surface area (Å²) in [5.74, 6) is -0.219. The molecule has 28 heavy (non-hydrogen) atoms. The van der Waals surface area contributed by atoms with E-state index >= 15 is 0 Å². The SMILES string of the molecule is COCCNC(=O)c1cnn2c(-c3ccccc3)cc(-c3ccccc3)nc12. The van der Waals surface area contributed by atoms with Crippen LogP contribution >= 0.6 is 0 Å². The van der Waals surface area contributed by atoms with Crippen molar-refractivity contribution in [2.75, 3.05) is 20.3 Å². The number of hydrogen-bond donors (Lipinski definition) is 1. The number of fused-ring (bicyclic) bond motifs is 1. The van der Waals surface area contributed by atoms with Crippen LogP contribution in [-0.4, -0.2) is 40.8 Å². The fourth-order valence-electron chi connectivity index (χ4n) is 3.06. The number of methoxy groups -OCH3 is 1. The topological polar surface area (TPSA) is 68.5 Å². The predicted molar refractivity (Wildman–Crippen MR) is 108 cm³/mol. The summed E-state index contributed by atoms with van der Waals surface area (Å²) in [6.45, 7) is 0.875. The molecule has 0 spiro atoms. The monoisotopic (exact) mass is 372 g/mol. The van der Waals surface area contributed by atoms with Crippen molar-refractivity contribution in [1.82, 2.24) is 19.9 Å². The lowest BCUT2D eigenvalue weighted by Crippen LogP contribution is -2.27. The van der Waals surface area contributed by atoms with Gasteiger partial charge in [-0.3, -0.25) is 4.79 Å². The molecule has 4 rings (SSSR count). The third kappa shape index (κ3) is 3.50. The summed E-state index contributed by atoms with van der Waals surface area (Å²) in [5.41, 5.74) is 4.61. The Labute approximate surface area is 162 Å². The first-order valence-corrected chi connectivity index (χ1v) is 9.04. The van der Waals surface area contributed by atoms with Crippen LogP contribution in [-0.2, 0) is 4.74 Å². The summed E-state index contributed by atoms with van der Waals surface area (Å²) in [6, 6.07) is 21.9. The van der Waals surface area contributed by atoms with Gasteiger partial charge in [-0.1, -0.05) is 60.7 Å². The lowest BCUT2D eigenvalue weighted by molar-refractivity contribution is 0.0938. The Hall–Kier alpha value is -3.51. The van der Waals surface area contributed by atoms with E-state index in [0.717, 1.165) is 22.5 Å². The van der Waals surface area contributed by atoms with Crippen molar-refractivity contribution in [2.24, 2.45) is 0 Å². The molecular weight excluding hydrogens is 352 g/mol. The fourth-order valence-corrected chi connectivity index (χ4v) is 3.06. The molecule has 0 bridgehead atoms. The standard InChI is InChI=1S/C22H20N4O2/c1-28-13-12-23-22(27)18-15-24-26-20(17-10-6-3-7-11-17)14-19(25-21(18)26)16-8-4-2-5-9-16/h2-11,14-15H,12-13H2,1H3,(H,23,27). The van der Waals surface area contributed by atoms with E-state index in [1.54, 1.807) is 17.8 Å². The van der Waals surface area contributed by atoms with Crippen molar-refractivity contribution in [1.29, 1.82) is 0 Å². The third-order valence-electron chi connectivity index (χ3n) is 4.45. The first kappa shape index (κ1) is 17.9. The summed E-state index contributed by atoms with van der Waals surface area (Å²) < 4.78 is 6.72.